The second kappa shape index (κ2) is 9.15. The highest BCUT2D eigenvalue weighted by molar-refractivity contribution is 7.92. The number of aromatic nitrogens is 1. The monoisotopic (exact) mass is 487 g/mol. The molecular formula is C22H18ClN3O4S2. The van der Waals surface area contributed by atoms with Gasteiger partial charge in [0, 0.05) is 5.69 Å². The first-order valence-electron chi connectivity index (χ1n) is 9.49. The molecule has 0 fully saturated rings. The van der Waals surface area contributed by atoms with Gasteiger partial charge in [0.15, 0.2) is 0 Å². The molecule has 0 saturated carbocycles. The van der Waals surface area contributed by atoms with Gasteiger partial charge < -0.3 is 9.73 Å². The van der Waals surface area contributed by atoms with E-state index in [2.05, 4.69) is 15.0 Å². The van der Waals surface area contributed by atoms with Gasteiger partial charge in [0.1, 0.15) is 5.76 Å². The molecule has 2 heterocycles. The Bertz CT molecular complexity index is 1370. The van der Waals surface area contributed by atoms with Gasteiger partial charge in [0.05, 0.1) is 32.6 Å². The first kappa shape index (κ1) is 22.1. The summed E-state index contributed by atoms with van der Waals surface area (Å²) in [5, 5.41) is 4.92. The zero-order valence-electron chi connectivity index (χ0n) is 16.8. The average molecular weight is 488 g/mol. The van der Waals surface area contributed by atoms with E-state index in [1.54, 1.807) is 43.3 Å². The molecule has 2 aromatic heterocycles. The van der Waals surface area contributed by atoms with Crippen molar-refractivity contribution in [1.82, 2.24) is 4.98 Å². The average Bonchev–Trinajstić information content (AvgIpc) is 3.40. The molecule has 0 aliphatic heterocycles. The van der Waals surface area contributed by atoms with Gasteiger partial charge in [-0.05, 0) is 48.7 Å². The van der Waals surface area contributed by atoms with Gasteiger partial charge in [-0.15, -0.1) is 11.3 Å². The number of carbonyl (C=O) groups excluding carboxylic acids is 1. The van der Waals surface area contributed by atoms with Crippen LogP contribution in [0.4, 0.5) is 11.4 Å². The number of carbonyl (C=O) groups is 1. The highest BCUT2D eigenvalue weighted by atomic mass is 35.5. The van der Waals surface area contributed by atoms with E-state index < -0.39 is 10.0 Å². The molecule has 2 N–H and O–H groups in total. The molecule has 1 amide bonds. The van der Waals surface area contributed by atoms with Crippen molar-refractivity contribution in [3.63, 3.8) is 0 Å². The Morgan fingerprint density at radius 3 is 2.69 bits per heavy atom. The van der Waals surface area contributed by atoms with E-state index in [1.165, 1.54) is 23.5 Å². The third-order valence-electron chi connectivity index (χ3n) is 4.50. The number of amides is 1. The predicted octanol–water partition coefficient (Wildman–Crippen LogP) is 5.35. The molecule has 164 valence electrons. The van der Waals surface area contributed by atoms with Gasteiger partial charge in [-0.2, -0.15) is 0 Å². The first-order valence-corrected chi connectivity index (χ1v) is 12.2. The van der Waals surface area contributed by atoms with Crippen molar-refractivity contribution in [2.24, 2.45) is 0 Å². The summed E-state index contributed by atoms with van der Waals surface area (Å²) in [6, 6.07) is 16.3. The molecule has 0 aliphatic rings. The van der Waals surface area contributed by atoms with Gasteiger partial charge in [-0.1, -0.05) is 35.9 Å². The summed E-state index contributed by atoms with van der Waals surface area (Å²) in [5.41, 5.74) is 1.14. The van der Waals surface area contributed by atoms with Gasteiger partial charge in [-0.3, -0.25) is 9.52 Å². The first-order chi connectivity index (χ1) is 15.3. The number of hydrogen-bond acceptors (Lipinski definition) is 6. The molecular weight excluding hydrogens is 470 g/mol. The number of aryl methyl sites for hydroxylation is 1. The normalized spacial score (nSPS) is 11.3. The van der Waals surface area contributed by atoms with Crippen molar-refractivity contribution in [2.45, 2.75) is 18.2 Å². The van der Waals surface area contributed by atoms with Crippen LogP contribution in [-0.4, -0.2) is 19.3 Å². The Kier molecular flexibility index (Phi) is 6.31. The van der Waals surface area contributed by atoms with Crippen LogP contribution in [0.5, 0.6) is 0 Å². The molecule has 2 aromatic carbocycles. The molecule has 0 atom stereocenters. The number of nitrogens with one attached hydrogen (secondary N) is 2. The Labute approximate surface area is 194 Å². The Morgan fingerprint density at radius 1 is 1.12 bits per heavy atom. The predicted molar refractivity (Wildman–Crippen MR) is 126 cm³/mol. The van der Waals surface area contributed by atoms with E-state index in [0.717, 1.165) is 4.88 Å². The second-order valence-corrected chi connectivity index (χ2v) is 9.87. The number of hydrogen-bond donors (Lipinski definition) is 2. The largest absolute Gasteiger partial charge is 0.440 e. The van der Waals surface area contributed by atoms with Crippen molar-refractivity contribution in [1.29, 1.82) is 0 Å². The number of para-hydroxylation sites is 1. The Morgan fingerprint density at radius 2 is 1.94 bits per heavy atom. The SMILES string of the molecule is Cc1oc(-c2cccs2)nc1CC(=O)Nc1cccc(S(=O)(=O)Nc2ccccc2Cl)c1. The summed E-state index contributed by atoms with van der Waals surface area (Å²) in [6.07, 6.45) is -0.00441. The number of benzene rings is 2. The number of rotatable bonds is 7. The molecule has 10 heteroatoms. The van der Waals surface area contributed by atoms with Crippen LogP contribution in [-0.2, 0) is 21.2 Å². The van der Waals surface area contributed by atoms with E-state index in [9.17, 15) is 13.2 Å². The summed E-state index contributed by atoms with van der Waals surface area (Å²) < 4.78 is 33.6. The van der Waals surface area contributed by atoms with Crippen molar-refractivity contribution in [3.05, 3.63) is 82.5 Å². The van der Waals surface area contributed by atoms with Crippen LogP contribution in [0.2, 0.25) is 5.02 Å². The number of thiophene rings is 1. The van der Waals surface area contributed by atoms with Crippen LogP contribution in [0.25, 0.3) is 10.8 Å². The topological polar surface area (TPSA) is 101 Å². The molecule has 0 unspecified atom stereocenters. The molecule has 0 radical (unpaired) electrons. The van der Waals surface area contributed by atoms with Gasteiger partial charge in [0.2, 0.25) is 11.8 Å². The lowest BCUT2D eigenvalue weighted by molar-refractivity contribution is -0.115. The smallest absolute Gasteiger partial charge is 0.262 e. The van der Waals surface area contributed by atoms with Crippen LogP contribution in [0.1, 0.15) is 11.5 Å². The summed E-state index contributed by atoms with van der Waals surface area (Å²) in [6.45, 7) is 1.75. The van der Waals surface area contributed by atoms with Crippen molar-refractivity contribution in [2.75, 3.05) is 10.0 Å². The lowest BCUT2D eigenvalue weighted by atomic mass is 10.2. The Hall–Kier alpha value is -3.14. The maximum atomic E-state index is 12.7. The zero-order valence-corrected chi connectivity index (χ0v) is 19.2. The number of anilines is 2. The molecule has 0 aliphatic carbocycles. The third kappa shape index (κ3) is 5.01. The molecule has 0 saturated heterocycles. The summed E-state index contributed by atoms with van der Waals surface area (Å²) >= 11 is 7.54. The quantitative estimate of drug-likeness (QED) is 0.366. The Balaban J connectivity index is 1.47. The number of sulfonamides is 1. The van der Waals surface area contributed by atoms with E-state index in [-0.39, 0.29) is 27.9 Å². The van der Waals surface area contributed by atoms with Crippen molar-refractivity contribution >= 4 is 50.2 Å². The van der Waals surface area contributed by atoms with Crippen LogP contribution < -0.4 is 10.0 Å². The number of halogens is 1. The fourth-order valence-electron chi connectivity index (χ4n) is 2.94. The highest BCUT2D eigenvalue weighted by Crippen LogP contribution is 2.27. The zero-order chi connectivity index (χ0) is 22.7. The van der Waals surface area contributed by atoms with Crippen LogP contribution in [0, 0.1) is 6.92 Å². The fourth-order valence-corrected chi connectivity index (χ4v) is 4.96. The molecule has 0 bridgehead atoms. The van der Waals surface area contributed by atoms with E-state index in [0.29, 0.717) is 23.0 Å². The fraction of sp³-hybridized carbons (Fsp3) is 0.0909. The minimum absolute atomic E-state index is 0.00441. The number of oxazole rings is 1. The van der Waals surface area contributed by atoms with Crippen molar-refractivity contribution in [3.8, 4) is 10.8 Å². The lowest BCUT2D eigenvalue weighted by Crippen LogP contribution is -2.17. The maximum absolute atomic E-state index is 12.7. The summed E-state index contributed by atoms with van der Waals surface area (Å²) in [4.78, 5) is 17.8. The van der Waals surface area contributed by atoms with Crippen LogP contribution in [0.3, 0.4) is 0 Å². The molecule has 0 spiro atoms. The van der Waals surface area contributed by atoms with Crippen LogP contribution in [0.15, 0.2) is 75.4 Å². The molecule has 7 nitrogen and oxygen atoms in total. The third-order valence-corrected chi connectivity index (χ3v) is 7.05. The lowest BCUT2D eigenvalue weighted by Gasteiger charge is -2.11. The van der Waals surface area contributed by atoms with Gasteiger partial charge in [-0.25, -0.2) is 13.4 Å². The summed E-state index contributed by atoms with van der Waals surface area (Å²) in [5.74, 6) is 0.690. The minimum Gasteiger partial charge on any atom is -0.440 e. The van der Waals surface area contributed by atoms with Crippen LogP contribution >= 0.6 is 22.9 Å². The molecule has 4 aromatic rings. The minimum atomic E-state index is -3.89. The van der Waals surface area contributed by atoms with Gasteiger partial charge >= 0.3 is 0 Å². The van der Waals surface area contributed by atoms with Crippen molar-refractivity contribution < 1.29 is 17.6 Å². The standard InChI is InChI=1S/C22H18ClN3O4S2/c1-14-19(25-22(30-14)20-10-5-11-31-20)13-21(27)24-15-6-4-7-16(12-15)32(28,29)26-18-9-3-2-8-17(18)23/h2-12,26H,13H2,1H3,(H,24,27). The van der Waals surface area contributed by atoms with E-state index in [4.69, 9.17) is 16.0 Å². The molecule has 32 heavy (non-hydrogen) atoms. The highest BCUT2D eigenvalue weighted by Gasteiger charge is 2.18. The van der Waals surface area contributed by atoms with E-state index >= 15 is 0 Å². The number of nitrogens with zero attached hydrogens (tertiary/aromatic N) is 1. The van der Waals surface area contributed by atoms with Gasteiger partial charge in [0.25, 0.3) is 10.0 Å². The maximum Gasteiger partial charge on any atom is 0.262 e. The van der Waals surface area contributed by atoms with E-state index in [1.807, 2.05) is 17.5 Å². The molecule has 4 rings (SSSR count). The summed E-state index contributed by atoms with van der Waals surface area (Å²) in [7, 11) is -3.89. The second-order valence-electron chi connectivity index (χ2n) is 6.84.